The number of nitrogens with one attached hydrogen (secondary N) is 1. The van der Waals surface area contributed by atoms with E-state index in [9.17, 15) is 4.79 Å². The molecule has 0 saturated heterocycles. The summed E-state index contributed by atoms with van der Waals surface area (Å²) in [5.41, 5.74) is 0.954. The van der Waals surface area contributed by atoms with Gasteiger partial charge >= 0.3 is 0 Å². The van der Waals surface area contributed by atoms with E-state index in [4.69, 9.17) is 18.6 Å². The Labute approximate surface area is 170 Å². The Balaban J connectivity index is 1.59. The average Bonchev–Trinajstić information content (AvgIpc) is 3.22. The molecule has 0 saturated carbocycles. The molecule has 29 heavy (non-hydrogen) atoms. The highest BCUT2D eigenvalue weighted by Gasteiger charge is 2.16. The maximum Gasteiger partial charge on any atom is 0.287 e. The van der Waals surface area contributed by atoms with Gasteiger partial charge in [-0.25, -0.2) is 0 Å². The lowest BCUT2D eigenvalue weighted by atomic mass is 10.1. The summed E-state index contributed by atoms with van der Waals surface area (Å²) in [6.45, 7) is 4.64. The summed E-state index contributed by atoms with van der Waals surface area (Å²) in [5.74, 6) is 2.52. The van der Waals surface area contributed by atoms with E-state index >= 15 is 0 Å². The van der Waals surface area contributed by atoms with E-state index < -0.39 is 0 Å². The van der Waals surface area contributed by atoms with Crippen molar-refractivity contribution in [2.45, 2.75) is 26.5 Å². The molecule has 0 spiro atoms. The monoisotopic (exact) mass is 395 g/mol. The molecule has 0 aliphatic carbocycles. The molecule has 3 aromatic rings. The lowest BCUT2D eigenvalue weighted by Gasteiger charge is -2.14. The minimum absolute atomic E-state index is 0.193. The van der Waals surface area contributed by atoms with Crippen molar-refractivity contribution in [1.82, 2.24) is 5.32 Å². The first-order valence-electron chi connectivity index (χ1n) is 9.49. The van der Waals surface area contributed by atoms with Crippen molar-refractivity contribution >= 4 is 5.91 Å². The van der Waals surface area contributed by atoms with Gasteiger partial charge in [0.1, 0.15) is 18.1 Å². The van der Waals surface area contributed by atoms with Crippen molar-refractivity contribution in [1.29, 1.82) is 0 Å². The molecular weight excluding hydrogens is 370 g/mol. The summed E-state index contributed by atoms with van der Waals surface area (Å²) in [5, 5.41) is 2.94. The topological polar surface area (TPSA) is 69.9 Å². The second-order valence-electron chi connectivity index (χ2n) is 6.41. The zero-order chi connectivity index (χ0) is 20.6. The largest absolute Gasteiger partial charge is 0.494 e. The molecule has 3 rings (SSSR count). The van der Waals surface area contributed by atoms with E-state index in [1.165, 1.54) is 0 Å². The smallest absolute Gasteiger partial charge is 0.287 e. The molecule has 152 valence electrons. The Morgan fingerprint density at radius 1 is 1.03 bits per heavy atom. The number of carbonyl (C=O) groups is 1. The number of benzene rings is 2. The maximum atomic E-state index is 12.5. The van der Waals surface area contributed by atoms with Crippen LogP contribution >= 0.6 is 0 Å². The van der Waals surface area contributed by atoms with Crippen LogP contribution in [0.25, 0.3) is 0 Å². The van der Waals surface area contributed by atoms with E-state index in [-0.39, 0.29) is 24.3 Å². The van der Waals surface area contributed by atoms with Crippen LogP contribution in [-0.2, 0) is 6.61 Å². The summed E-state index contributed by atoms with van der Waals surface area (Å²) in [4.78, 5) is 12.5. The third-order valence-corrected chi connectivity index (χ3v) is 4.34. The van der Waals surface area contributed by atoms with Gasteiger partial charge in [0, 0.05) is 0 Å². The quantitative estimate of drug-likeness (QED) is 0.566. The van der Waals surface area contributed by atoms with Crippen LogP contribution in [0.3, 0.4) is 0 Å². The van der Waals surface area contributed by atoms with Gasteiger partial charge in [-0.1, -0.05) is 24.3 Å². The van der Waals surface area contributed by atoms with Crippen LogP contribution < -0.4 is 19.5 Å². The zero-order valence-corrected chi connectivity index (χ0v) is 16.8. The summed E-state index contributed by atoms with van der Waals surface area (Å²) in [6.07, 6.45) is 0. The number of para-hydroxylation sites is 2. The van der Waals surface area contributed by atoms with Gasteiger partial charge < -0.3 is 23.9 Å². The third-order valence-electron chi connectivity index (χ3n) is 4.34. The van der Waals surface area contributed by atoms with Gasteiger partial charge in [-0.2, -0.15) is 0 Å². The van der Waals surface area contributed by atoms with Gasteiger partial charge in [0.2, 0.25) is 0 Å². The van der Waals surface area contributed by atoms with Gasteiger partial charge in [0.25, 0.3) is 5.91 Å². The van der Waals surface area contributed by atoms with E-state index in [1.807, 2.05) is 62.4 Å². The Bertz CT molecular complexity index is 950. The number of ether oxygens (including phenoxy) is 3. The number of amides is 1. The maximum absolute atomic E-state index is 12.5. The molecule has 0 aliphatic rings. The van der Waals surface area contributed by atoms with Crippen LogP contribution in [0, 0.1) is 0 Å². The Hall–Kier alpha value is -3.41. The van der Waals surface area contributed by atoms with E-state index in [0.29, 0.717) is 23.9 Å². The number of hydrogen-bond donors (Lipinski definition) is 1. The third kappa shape index (κ3) is 5.31. The molecule has 1 atom stereocenters. The molecular formula is C23H25NO5. The summed E-state index contributed by atoms with van der Waals surface area (Å²) >= 11 is 0. The summed E-state index contributed by atoms with van der Waals surface area (Å²) in [7, 11) is 1.59. The van der Waals surface area contributed by atoms with Crippen LogP contribution in [-0.4, -0.2) is 19.6 Å². The Morgan fingerprint density at radius 3 is 2.59 bits per heavy atom. The molecule has 2 aromatic carbocycles. The van der Waals surface area contributed by atoms with Crippen LogP contribution in [0.2, 0.25) is 0 Å². The summed E-state index contributed by atoms with van der Waals surface area (Å²) in [6, 6.07) is 18.2. The number of hydrogen-bond acceptors (Lipinski definition) is 5. The first kappa shape index (κ1) is 20.3. The van der Waals surface area contributed by atoms with Crippen molar-refractivity contribution in [3.63, 3.8) is 0 Å². The molecule has 1 heterocycles. The fourth-order valence-corrected chi connectivity index (χ4v) is 2.86. The number of furan rings is 1. The van der Waals surface area contributed by atoms with Crippen LogP contribution in [0.4, 0.5) is 0 Å². The highest BCUT2D eigenvalue weighted by molar-refractivity contribution is 5.91. The minimum Gasteiger partial charge on any atom is -0.494 e. The van der Waals surface area contributed by atoms with Crippen molar-refractivity contribution in [3.8, 4) is 17.2 Å². The predicted octanol–water partition coefficient (Wildman–Crippen LogP) is 4.76. The second kappa shape index (κ2) is 9.68. The fraction of sp³-hybridized carbons (Fsp3) is 0.261. The van der Waals surface area contributed by atoms with E-state index in [0.717, 1.165) is 11.3 Å². The van der Waals surface area contributed by atoms with Crippen LogP contribution in [0.1, 0.15) is 41.8 Å². The molecule has 0 radical (unpaired) electrons. The standard InChI is InChI=1S/C23H25NO5/c1-4-27-18-9-7-8-17(14-18)16(2)24-23(25)22-13-12-19(29-22)15-28-21-11-6-5-10-20(21)26-3/h5-14,16H,4,15H2,1-3H3,(H,24,25). The minimum atomic E-state index is -0.289. The molecule has 0 aliphatic heterocycles. The molecule has 0 fully saturated rings. The normalized spacial score (nSPS) is 11.6. The lowest BCUT2D eigenvalue weighted by molar-refractivity contribution is 0.0907. The first-order chi connectivity index (χ1) is 14.1. The number of rotatable bonds is 9. The van der Waals surface area contributed by atoms with Crippen molar-refractivity contribution in [3.05, 3.63) is 77.7 Å². The van der Waals surface area contributed by atoms with Crippen molar-refractivity contribution < 1.29 is 23.4 Å². The average molecular weight is 395 g/mol. The molecule has 0 bridgehead atoms. The molecule has 1 amide bonds. The van der Waals surface area contributed by atoms with Gasteiger partial charge in [-0.15, -0.1) is 0 Å². The molecule has 1 unspecified atom stereocenters. The van der Waals surface area contributed by atoms with Crippen LogP contribution in [0.15, 0.2) is 65.1 Å². The Kier molecular flexibility index (Phi) is 6.79. The van der Waals surface area contributed by atoms with E-state index in [2.05, 4.69) is 5.32 Å². The summed E-state index contributed by atoms with van der Waals surface area (Å²) < 4.78 is 22.1. The van der Waals surface area contributed by atoms with Gasteiger partial charge in [-0.05, 0) is 55.8 Å². The predicted molar refractivity (Wildman–Crippen MR) is 110 cm³/mol. The van der Waals surface area contributed by atoms with Crippen molar-refractivity contribution in [2.75, 3.05) is 13.7 Å². The van der Waals surface area contributed by atoms with Crippen LogP contribution in [0.5, 0.6) is 17.2 Å². The van der Waals surface area contributed by atoms with Gasteiger partial charge in [0.05, 0.1) is 19.8 Å². The molecule has 6 heteroatoms. The first-order valence-corrected chi connectivity index (χ1v) is 9.49. The highest BCUT2D eigenvalue weighted by atomic mass is 16.5. The fourth-order valence-electron chi connectivity index (χ4n) is 2.86. The second-order valence-corrected chi connectivity index (χ2v) is 6.41. The highest BCUT2D eigenvalue weighted by Crippen LogP contribution is 2.27. The molecule has 1 aromatic heterocycles. The molecule has 6 nitrogen and oxygen atoms in total. The lowest BCUT2D eigenvalue weighted by Crippen LogP contribution is -2.26. The van der Waals surface area contributed by atoms with Gasteiger partial charge in [-0.3, -0.25) is 4.79 Å². The molecule has 1 N–H and O–H groups in total. The van der Waals surface area contributed by atoms with E-state index in [1.54, 1.807) is 19.2 Å². The van der Waals surface area contributed by atoms with Crippen molar-refractivity contribution in [2.24, 2.45) is 0 Å². The SMILES string of the molecule is CCOc1cccc(C(C)NC(=O)c2ccc(COc3ccccc3OC)o2)c1. The number of methoxy groups -OCH3 is 1. The zero-order valence-electron chi connectivity index (χ0n) is 16.8. The Morgan fingerprint density at radius 2 is 1.83 bits per heavy atom. The number of carbonyl (C=O) groups excluding carboxylic acids is 1. The van der Waals surface area contributed by atoms with Gasteiger partial charge in [0.15, 0.2) is 17.3 Å².